The van der Waals surface area contributed by atoms with Gasteiger partial charge in [0.25, 0.3) is 0 Å². The molecule has 0 N–H and O–H groups in total. The molecule has 0 amide bonds. The second-order valence-electron chi connectivity index (χ2n) is 14.4. The number of benzene rings is 7. The molecule has 0 spiro atoms. The minimum absolute atomic E-state index is 0.711. The topological polar surface area (TPSA) is 29.0 Å². The standard InChI is InChI=1S/C53H41N3/c1-36-18-13-15-28-45(36)51-38(3)56(49-29-16-14-19-37(49)2)50(32-39-20-7-4-8-21-39)47-34-43(30-31-46(47)51)42-26-17-27-44(33-42)48-35-54-53(41-24-11-6-12-25-41)55-52(48)40-22-9-5-10-23-40/h4-35H,1-3H3/b50-32+. The van der Waals surface area contributed by atoms with Crippen molar-refractivity contribution in [3.05, 3.63) is 227 Å². The van der Waals surface area contributed by atoms with E-state index >= 15 is 0 Å². The number of anilines is 1. The van der Waals surface area contributed by atoms with Gasteiger partial charge in [-0.25, -0.2) is 9.97 Å². The molecule has 1 aromatic heterocycles. The van der Waals surface area contributed by atoms with E-state index in [2.05, 4.69) is 189 Å². The summed E-state index contributed by atoms with van der Waals surface area (Å²) < 4.78 is 0. The Balaban J connectivity index is 1.24. The van der Waals surface area contributed by atoms with Crippen molar-refractivity contribution in [3.8, 4) is 44.9 Å². The number of hydrogen-bond acceptors (Lipinski definition) is 3. The van der Waals surface area contributed by atoms with Crippen LogP contribution in [0.3, 0.4) is 0 Å². The van der Waals surface area contributed by atoms with Crippen molar-refractivity contribution in [2.75, 3.05) is 4.90 Å². The first kappa shape index (κ1) is 34.7. The Hall–Kier alpha value is -7.10. The Morgan fingerprint density at radius 1 is 0.446 bits per heavy atom. The van der Waals surface area contributed by atoms with Crippen molar-refractivity contribution in [2.24, 2.45) is 0 Å². The van der Waals surface area contributed by atoms with Crippen LogP contribution in [-0.2, 0) is 0 Å². The van der Waals surface area contributed by atoms with E-state index in [1.165, 1.54) is 44.8 Å². The van der Waals surface area contributed by atoms with Crippen molar-refractivity contribution in [1.29, 1.82) is 0 Å². The predicted octanol–water partition coefficient (Wildman–Crippen LogP) is 13.6. The molecule has 0 unspecified atom stereocenters. The first-order chi connectivity index (χ1) is 27.5. The lowest BCUT2D eigenvalue weighted by Crippen LogP contribution is -2.26. The van der Waals surface area contributed by atoms with Crippen molar-refractivity contribution < 1.29 is 0 Å². The van der Waals surface area contributed by atoms with Gasteiger partial charge in [0, 0.05) is 45.4 Å². The van der Waals surface area contributed by atoms with Crippen LogP contribution in [0, 0.1) is 13.8 Å². The van der Waals surface area contributed by atoms with Crippen LogP contribution in [-0.4, -0.2) is 9.97 Å². The Morgan fingerprint density at radius 3 is 1.79 bits per heavy atom. The van der Waals surface area contributed by atoms with E-state index in [-0.39, 0.29) is 0 Å². The lowest BCUT2D eigenvalue weighted by Gasteiger charge is -2.38. The Kier molecular flexibility index (Phi) is 9.26. The van der Waals surface area contributed by atoms with Crippen LogP contribution in [0.4, 0.5) is 5.69 Å². The van der Waals surface area contributed by atoms with Gasteiger partial charge in [-0.3, -0.25) is 0 Å². The van der Waals surface area contributed by atoms with Gasteiger partial charge >= 0.3 is 0 Å². The van der Waals surface area contributed by atoms with E-state index < -0.39 is 0 Å². The third-order valence-electron chi connectivity index (χ3n) is 10.8. The number of rotatable bonds is 7. The molecule has 56 heavy (non-hydrogen) atoms. The van der Waals surface area contributed by atoms with Gasteiger partial charge in [0.05, 0.1) is 11.4 Å². The summed E-state index contributed by atoms with van der Waals surface area (Å²) >= 11 is 0. The van der Waals surface area contributed by atoms with E-state index in [1.54, 1.807) is 0 Å². The highest BCUT2D eigenvalue weighted by atomic mass is 15.2. The summed E-state index contributed by atoms with van der Waals surface area (Å²) in [7, 11) is 0. The van der Waals surface area contributed by atoms with E-state index in [1.807, 2.05) is 30.5 Å². The second-order valence-corrected chi connectivity index (χ2v) is 14.4. The fraction of sp³-hybridized carbons (Fsp3) is 0.0566. The third kappa shape index (κ3) is 6.54. The molecular formula is C53H41N3. The van der Waals surface area contributed by atoms with E-state index in [9.17, 15) is 0 Å². The van der Waals surface area contributed by atoms with E-state index in [4.69, 9.17) is 9.97 Å². The number of aryl methyl sites for hydroxylation is 2. The molecule has 0 radical (unpaired) electrons. The van der Waals surface area contributed by atoms with Gasteiger partial charge in [-0.1, -0.05) is 164 Å². The first-order valence-corrected chi connectivity index (χ1v) is 19.2. The van der Waals surface area contributed by atoms with Gasteiger partial charge in [-0.15, -0.1) is 0 Å². The summed E-state index contributed by atoms with van der Waals surface area (Å²) in [5, 5.41) is 0. The van der Waals surface area contributed by atoms with Crippen LogP contribution in [0.15, 0.2) is 194 Å². The van der Waals surface area contributed by atoms with Gasteiger partial charge in [-0.2, -0.15) is 0 Å². The summed E-state index contributed by atoms with van der Waals surface area (Å²) in [4.78, 5) is 12.5. The predicted molar refractivity (Wildman–Crippen MR) is 235 cm³/mol. The number of fused-ring (bicyclic) bond motifs is 1. The van der Waals surface area contributed by atoms with Crippen LogP contribution in [0.25, 0.3) is 62.2 Å². The molecule has 0 atom stereocenters. The number of nitrogens with zero attached hydrogens (tertiary/aromatic N) is 3. The van der Waals surface area contributed by atoms with Gasteiger partial charge in [0.15, 0.2) is 5.82 Å². The summed E-state index contributed by atoms with van der Waals surface area (Å²) in [6.45, 7) is 6.68. The fourth-order valence-electron chi connectivity index (χ4n) is 7.93. The highest BCUT2D eigenvalue weighted by Crippen LogP contribution is 2.47. The molecule has 1 aliphatic heterocycles. The number of allylic oxidation sites excluding steroid dienone is 1. The smallest absolute Gasteiger partial charge is 0.159 e. The molecule has 3 nitrogen and oxygen atoms in total. The monoisotopic (exact) mass is 719 g/mol. The maximum atomic E-state index is 5.17. The minimum atomic E-state index is 0.711. The molecule has 3 heteroatoms. The number of para-hydroxylation sites is 1. The second kappa shape index (κ2) is 15.0. The van der Waals surface area contributed by atoms with Crippen LogP contribution >= 0.6 is 0 Å². The molecule has 0 bridgehead atoms. The SMILES string of the molecule is CC1=C(c2ccccc2C)c2ccc(-c3cccc(-c4cnc(-c5ccccc5)nc4-c4ccccc4)c3)cc2/C(=C\c2ccccc2)N1c1ccccc1C. The summed E-state index contributed by atoms with van der Waals surface area (Å²) in [6.07, 6.45) is 4.31. The molecule has 8 aromatic rings. The maximum absolute atomic E-state index is 5.17. The Labute approximate surface area is 329 Å². The Morgan fingerprint density at radius 2 is 1.05 bits per heavy atom. The molecule has 0 saturated carbocycles. The van der Waals surface area contributed by atoms with Crippen molar-refractivity contribution in [3.63, 3.8) is 0 Å². The van der Waals surface area contributed by atoms with Crippen LogP contribution in [0.2, 0.25) is 0 Å². The molecular weight excluding hydrogens is 679 g/mol. The molecule has 1 aliphatic rings. The first-order valence-electron chi connectivity index (χ1n) is 19.2. The molecule has 7 aromatic carbocycles. The van der Waals surface area contributed by atoms with Crippen LogP contribution in [0.5, 0.6) is 0 Å². The zero-order chi connectivity index (χ0) is 38.0. The fourth-order valence-corrected chi connectivity index (χ4v) is 7.93. The van der Waals surface area contributed by atoms with Crippen molar-refractivity contribution >= 4 is 23.0 Å². The average molecular weight is 720 g/mol. The number of aromatic nitrogens is 2. The van der Waals surface area contributed by atoms with Gasteiger partial charge < -0.3 is 4.90 Å². The summed E-state index contributed by atoms with van der Waals surface area (Å²) in [5.74, 6) is 0.711. The summed E-state index contributed by atoms with van der Waals surface area (Å²) in [5.41, 5.74) is 19.3. The van der Waals surface area contributed by atoms with E-state index in [0.717, 1.165) is 50.3 Å². The molecule has 0 fully saturated rings. The molecule has 0 aliphatic carbocycles. The van der Waals surface area contributed by atoms with E-state index in [0.29, 0.717) is 5.82 Å². The van der Waals surface area contributed by atoms with Crippen LogP contribution < -0.4 is 4.90 Å². The normalized spacial score (nSPS) is 13.2. The summed E-state index contributed by atoms with van der Waals surface area (Å²) in [6, 6.07) is 64.5. The van der Waals surface area contributed by atoms with Crippen molar-refractivity contribution in [1.82, 2.24) is 9.97 Å². The molecule has 0 saturated heterocycles. The molecule has 268 valence electrons. The Bertz CT molecular complexity index is 2760. The highest BCUT2D eigenvalue weighted by Gasteiger charge is 2.30. The largest absolute Gasteiger partial charge is 0.313 e. The highest BCUT2D eigenvalue weighted by molar-refractivity contribution is 6.05. The quantitative estimate of drug-likeness (QED) is 0.164. The number of hydrogen-bond donors (Lipinski definition) is 0. The average Bonchev–Trinajstić information content (AvgIpc) is 3.25. The minimum Gasteiger partial charge on any atom is -0.313 e. The van der Waals surface area contributed by atoms with Crippen molar-refractivity contribution in [2.45, 2.75) is 20.8 Å². The third-order valence-corrected chi connectivity index (χ3v) is 10.8. The zero-order valence-corrected chi connectivity index (χ0v) is 31.8. The van der Waals surface area contributed by atoms with Gasteiger partial charge in [-0.05, 0) is 89.6 Å². The van der Waals surface area contributed by atoms with Gasteiger partial charge in [0.2, 0.25) is 0 Å². The lowest BCUT2D eigenvalue weighted by molar-refractivity contribution is 1.13. The molecule has 2 heterocycles. The van der Waals surface area contributed by atoms with Gasteiger partial charge in [0.1, 0.15) is 0 Å². The molecule has 9 rings (SSSR count). The van der Waals surface area contributed by atoms with Crippen LogP contribution in [0.1, 0.15) is 40.3 Å². The lowest BCUT2D eigenvalue weighted by atomic mass is 9.83. The zero-order valence-electron chi connectivity index (χ0n) is 31.8. The maximum Gasteiger partial charge on any atom is 0.159 e.